The van der Waals surface area contributed by atoms with Gasteiger partial charge in [-0.2, -0.15) is 0 Å². The molecule has 0 saturated carbocycles. The monoisotopic (exact) mass is 241 g/mol. The molecule has 18 heavy (non-hydrogen) atoms. The minimum atomic E-state index is -0.170. The zero-order valence-electron chi connectivity index (χ0n) is 10.4. The zero-order chi connectivity index (χ0) is 13.1. The van der Waals surface area contributed by atoms with Gasteiger partial charge in [0.2, 0.25) is 0 Å². The fourth-order valence-corrected chi connectivity index (χ4v) is 1.60. The van der Waals surface area contributed by atoms with Crippen molar-refractivity contribution in [1.29, 1.82) is 0 Å². The first-order valence-electron chi connectivity index (χ1n) is 5.66. The molecule has 0 fully saturated rings. The van der Waals surface area contributed by atoms with E-state index in [0.29, 0.717) is 16.9 Å². The number of hydrogen-bond acceptors (Lipinski definition) is 3. The second kappa shape index (κ2) is 4.87. The van der Waals surface area contributed by atoms with Crippen LogP contribution in [0.3, 0.4) is 0 Å². The van der Waals surface area contributed by atoms with Crippen LogP contribution in [0.5, 0.6) is 0 Å². The highest BCUT2D eigenvalue weighted by molar-refractivity contribution is 6.05. The smallest absolute Gasteiger partial charge is 0.255 e. The molecular weight excluding hydrogens is 226 g/mol. The molecule has 1 amide bonds. The molecule has 0 aliphatic carbocycles. The summed E-state index contributed by atoms with van der Waals surface area (Å²) in [5, 5.41) is 2.77. The van der Waals surface area contributed by atoms with Gasteiger partial charge in [0.15, 0.2) is 0 Å². The fraction of sp³-hybridized carbons (Fsp3) is 0.143. The maximum Gasteiger partial charge on any atom is 0.255 e. The highest BCUT2D eigenvalue weighted by Crippen LogP contribution is 2.17. The summed E-state index contributed by atoms with van der Waals surface area (Å²) in [7, 11) is 0. The lowest BCUT2D eigenvalue weighted by molar-refractivity contribution is 0.102. The Morgan fingerprint density at radius 2 is 2.00 bits per heavy atom. The predicted molar refractivity (Wildman–Crippen MR) is 72.5 cm³/mol. The van der Waals surface area contributed by atoms with Crippen LogP contribution in [0.4, 0.5) is 11.4 Å². The Balaban J connectivity index is 2.22. The van der Waals surface area contributed by atoms with Gasteiger partial charge in [0, 0.05) is 11.8 Å². The van der Waals surface area contributed by atoms with Gasteiger partial charge in [0.1, 0.15) is 0 Å². The Morgan fingerprint density at radius 3 is 2.67 bits per heavy atom. The third-order valence-electron chi connectivity index (χ3n) is 2.87. The summed E-state index contributed by atoms with van der Waals surface area (Å²) in [6.45, 7) is 3.99. The number of benzene rings is 1. The minimum absolute atomic E-state index is 0.170. The molecule has 2 aromatic rings. The summed E-state index contributed by atoms with van der Waals surface area (Å²) in [5.74, 6) is -0.170. The van der Waals surface area contributed by atoms with Crippen LogP contribution in [0.1, 0.15) is 21.5 Å². The molecule has 0 saturated heterocycles. The van der Waals surface area contributed by atoms with Gasteiger partial charge in [-0.05, 0) is 43.2 Å². The van der Waals surface area contributed by atoms with Gasteiger partial charge in [0.25, 0.3) is 5.91 Å². The Morgan fingerprint density at radius 1 is 1.22 bits per heavy atom. The number of aryl methyl sites for hydroxylation is 2. The molecular formula is C14H15N3O. The highest BCUT2D eigenvalue weighted by Gasteiger charge is 2.08. The third-order valence-corrected chi connectivity index (χ3v) is 2.87. The SMILES string of the molecule is Cc1ccc(C(=O)Nc2ccncc2N)cc1C. The van der Waals surface area contributed by atoms with Crippen molar-refractivity contribution in [3.8, 4) is 0 Å². The van der Waals surface area contributed by atoms with Crippen molar-refractivity contribution in [2.75, 3.05) is 11.1 Å². The second-order valence-electron chi connectivity index (χ2n) is 4.22. The van der Waals surface area contributed by atoms with E-state index in [2.05, 4.69) is 10.3 Å². The van der Waals surface area contributed by atoms with E-state index in [1.54, 1.807) is 18.3 Å². The lowest BCUT2D eigenvalue weighted by Crippen LogP contribution is -2.13. The quantitative estimate of drug-likeness (QED) is 0.849. The average Bonchev–Trinajstić information content (AvgIpc) is 2.35. The lowest BCUT2D eigenvalue weighted by atomic mass is 10.1. The number of aromatic nitrogens is 1. The van der Waals surface area contributed by atoms with E-state index < -0.39 is 0 Å². The van der Waals surface area contributed by atoms with Crippen molar-refractivity contribution in [2.24, 2.45) is 0 Å². The molecule has 0 unspecified atom stereocenters. The van der Waals surface area contributed by atoms with Crippen molar-refractivity contribution < 1.29 is 4.79 Å². The fourth-order valence-electron chi connectivity index (χ4n) is 1.60. The summed E-state index contributed by atoms with van der Waals surface area (Å²) < 4.78 is 0. The predicted octanol–water partition coefficient (Wildman–Crippen LogP) is 2.53. The summed E-state index contributed by atoms with van der Waals surface area (Å²) in [5.41, 5.74) is 9.62. The molecule has 0 bridgehead atoms. The number of nitrogens with two attached hydrogens (primary N) is 1. The summed E-state index contributed by atoms with van der Waals surface area (Å²) in [6.07, 6.45) is 3.10. The number of nitrogen functional groups attached to an aromatic ring is 1. The number of nitrogens with one attached hydrogen (secondary N) is 1. The van der Waals surface area contributed by atoms with Crippen LogP contribution in [0.25, 0.3) is 0 Å². The van der Waals surface area contributed by atoms with Crippen LogP contribution < -0.4 is 11.1 Å². The molecule has 92 valence electrons. The number of rotatable bonds is 2. The van der Waals surface area contributed by atoms with Gasteiger partial charge in [-0.1, -0.05) is 6.07 Å². The molecule has 0 aliphatic rings. The molecule has 0 aliphatic heterocycles. The Bertz CT molecular complexity index is 593. The maximum absolute atomic E-state index is 12.0. The number of amides is 1. The van der Waals surface area contributed by atoms with Crippen LogP contribution >= 0.6 is 0 Å². The van der Waals surface area contributed by atoms with Crippen molar-refractivity contribution >= 4 is 17.3 Å². The zero-order valence-corrected chi connectivity index (χ0v) is 10.4. The molecule has 4 heteroatoms. The van der Waals surface area contributed by atoms with E-state index in [0.717, 1.165) is 11.1 Å². The van der Waals surface area contributed by atoms with Crippen LogP contribution in [0, 0.1) is 13.8 Å². The first kappa shape index (κ1) is 12.1. The number of carbonyl (C=O) groups is 1. The van der Waals surface area contributed by atoms with Gasteiger partial charge < -0.3 is 11.1 Å². The van der Waals surface area contributed by atoms with Crippen molar-refractivity contribution in [3.63, 3.8) is 0 Å². The molecule has 1 aromatic carbocycles. The number of pyridine rings is 1. The Labute approximate surface area is 106 Å². The second-order valence-corrected chi connectivity index (χ2v) is 4.22. The number of carbonyl (C=O) groups excluding carboxylic acids is 1. The summed E-state index contributed by atoms with van der Waals surface area (Å²) in [4.78, 5) is 15.9. The van der Waals surface area contributed by atoms with Gasteiger partial charge in [-0.25, -0.2) is 0 Å². The molecule has 1 heterocycles. The van der Waals surface area contributed by atoms with E-state index in [-0.39, 0.29) is 5.91 Å². The van der Waals surface area contributed by atoms with Crippen LogP contribution in [-0.4, -0.2) is 10.9 Å². The van der Waals surface area contributed by atoms with Gasteiger partial charge in [-0.15, -0.1) is 0 Å². The van der Waals surface area contributed by atoms with Crippen LogP contribution in [0.15, 0.2) is 36.7 Å². The number of anilines is 2. The molecule has 2 rings (SSSR count). The van der Waals surface area contributed by atoms with E-state index >= 15 is 0 Å². The summed E-state index contributed by atoms with van der Waals surface area (Å²) >= 11 is 0. The lowest BCUT2D eigenvalue weighted by Gasteiger charge is -2.08. The number of nitrogens with zero attached hydrogens (tertiary/aromatic N) is 1. The third kappa shape index (κ3) is 2.48. The summed E-state index contributed by atoms with van der Waals surface area (Å²) in [6, 6.07) is 7.27. The van der Waals surface area contributed by atoms with E-state index in [9.17, 15) is 4.79 Å². The Hall–Kier alpha value is -2.36. The average molecular weight is 241 g/mol. The number of hydrogen-bond donors (Lipinski definition) is 2. The molecule has 0 spiro atoms. The van der Waals surface area contributed by atoms with E-state index in [4.69, 9.17) is 5.73 Å². The van der Waals surface area contributed by atoms with Crippen molar-refractivity contribution in [2.45, 2.75) is 13.8 Å². The standard InChI is InChI=1S/C14H15N3O/c1-9-3-4-11(7-10(9)2)14(18)17-13-5-6-16-8-12(13)15/h3-8H,15H2,1-2H3,(H,16,17,18). The van der Waals surface area contributed by atoms with Crippen LogP contribution in [0.2, 0.25) is 0 Å². The molecule has 0 radical (unpaired) electrons. The largest absolute Gasteiger partial charge is 0.396 e. The first-order valence-corrected chi connectivity index (χ1v) is 5.66. The molecule has 1 aromatic heterocycles. The normalized spacial score (nSPS) is 10.1. The molecule has 0 atom stereocenters. The minimum Gasteiger partial charge on any atom is -0.396 e. The van der Waals surface area contributed by atoms with Gasteiger partial charge in [0.05, 0.1) is 17.6 Å². The van der Waals surface area contributed by atoms with E-state index in [1.165, 1.54) is 6.20 Å². The van der Waals surface area contributed by atoms with Crippen molar-refractivity contribution in [1.82, 2.24) is 4.98 Å². The topological polar surface area (TPSA) is 68.0 Å². The van der Waals surface area contributed by atoms with Gasteiger partial charge >= 0.3 is 0 Å². The van der Waals surface area contributed by atoms with Crippen LogP contribution in [-0.2, 0) is 0 Å². The first-order chi connectivity index (χ1) is 8.58. The highest BCUT2D eigenvalue weighted by atomic mass is 16.1. The molecule has 4 nitrogen and oxygen atoms in total. The van der Waals surface area contributed by atoms with Gasteiger partial charge in [-0.3, -0.25) is 9.78 Å². The van der Waals surface area contributed by atoms with Crippen molar-refractivity contribution in [3.05, 3.63) is 53.3 Å². The molecule has 3 N–H and O–H groups in total. The van der Waals surface area contributed by atoms with E-state index in [1.807, 2.05) is 26.0 Å². The Kier molecular flexibility index (Phi) is 3.28. The maximum atomic E-state index is 12.0.